The van der Waals surface area contributed by atoms with Crippen molar-refractivity contribution < 1.29 is 9.53 Å². The lowest BCUT2D eigenvalue weighted by atomic mass is 10.1. The van der Waals surface area contributed by atoms with E-state index in [2.05, 4.69) is 45.8 Å². The molecule has 1 saturated heterocycles. The fourth-order valence-electron chi connectivity index (χ4n) is 3.75. The summed E-state index contributed by atoms with van der Waals surface area (Å²) in [4.78, 5) is 14.6. The minimum atomic E-state index is -0.201. The molecule has 0 atom stereocenters. The Morgan fingerprint density at radius 3 is 2.38 bits per heavy atom. The lowest BCUT2D eigenvalue weighted by Crippen LogP contribution is -2.36. The molecule has 0 aromatic heterocycles. The lowest BCUT2D eigenvalue weighted by molar-refractivity contribution is 0.0548. The molecule has 0 bridgehead atoms. The van der Waals surface area contributed by atoms with Crippen LogP contribution in [0, 0.1) is 0 Å². The van der Waals surface area contributed by atoms with Gasteiger partial charge in [-0.05, 0) is 47.8 Å². The molecule has 5 nitrogen and oxygen atoms in total. The summed E-state index contributed by atoms with van der Waals surface area (Å²) in [6, 6.07) is 19.5. The number of carbonyl (C=O) groups excluding carboxylic acids is 1. The minimum Gasteiger partial charge on any atom is -0.378 e. The van der Waals surface area contributed by atoms with Gasteiger partial charge >= 0.3 is 0 Å². The van der Waals surface area contributed by atoms with E-state index >= 15 is 0 Å². The Morgan fingerprint density at radius 1 is 0.966 bits per heavy atom. The van der Waals surface area contributed by atoms with E-state index in [0.29, 0.717) is 5.56 Å². The summed E-state index contributed by atoms with van der Waals surface area (Å²) < 4.78 is 5.54. The molecule has 0 unspecified atom stereocenters. The molecule has 1 heterocycles. The largest absolute Gasteiger partial charge is 0.378 e. The zero-order valence-electron chi connectivity index (χ0n) is 16.4. The molecule has 2 aliphatic rings. The first-order valence-electron chi connectivity index (χ1n) is 10.0. The molecular weight excluding hydrogens is 362 g/mol. The second kappa shape index (κ2) is 9.34. The van der Waals surface area contributed by atoms with E-state index < -0.39 is 0 Å². The van der Waals surface area contributed by atoms with Gasteiger partial charge in [0, 0.05) is 24.4 Å². The Bertz CT molecular complexity index is 927. The Labute approximate surface area is 171 Å². The van der Waals surface area contributed by atoms with E-state index in [1.54, 1.807) is 18.3 Å². The van der Waals surface area contributed by atoms with Gasteiger partial charge in [-0.15, -0.1) is 0 Å². The molecule has 2 aromatic rings. The molecule has 1 fully saturated rings. The van der Waals surface area contributed by atoms with Crippen LogP contribution >= 0.6 is 0 Å². The van der Waals surface area contributed by atoms with Crippen molar-refractivity contribution in [2.75, 3.05) is 26.3 Å². The number of amides is 1. The third-order valence-electron chi connectivity index (χ3n) is 5.16. The molecule has 0 spiro atoms. The Kier molecular flexibility index (Phi) is 6.17. The highest BCUT2D eigenvalue weighted by Crippen LogP contribution is 2.34. The molecule has 0 saturated carbocycles. The maximum atomic E-state index is 12.2. The Balaban J connectivity index is 1.56. The maximum Gasteiger partial charge on any atom is 0.271 e. The standard InChI is InChI=1S/C24H25N3O2/c28-24(20-9-5-2-6-10-20)26-25-18-22-12-11-21(17-19-7-3-1-4-8-19)23(22)27-13-15-29-16-14-27/h1-10,17-18H,11-16H2,(H,26,28)/b21-17?,25-18-. The van der Waals surface area contributed by atoms with Gasteiger partial charge < -0.3 is 9.64 Å². The smallest absolute Gasteiger partial charge is 0.271 e. The average molecular weight is 387 g/mol. The van der Waals surface area contributed by atoms with E-state index in [-0.39, 0.29) is 5.91 Å². The maximum absolute atomic E-state index is 12.2. The number of hydrogen-bond donors (Lipinski definition) is 1. The number of carbonyl (C=O) groups is 1. The Hall–Kier alpha value is -3.18. The van der Waals surface area contributed by atoms with Crippen molar-refractivity contribution in [2.45, 2.75) is 12.8 Å². The van der Waals surface area contributed by atoms with Crippen molar-refractivity contribution in [3.8, 4) is 0 Å². The summed E-state index contributed by atoms with van der Waals surface area (Å²) in [7, 11) is 0. The first kappa shape index (κ1) is 19.2. The van der Waals surface area contributed by atoms with Gasteiger partial charge in [-0.1, -0.05) is 48.5 Å². The number of hydrazone groups is 1. The second-order valence-corrected chi connectivity index (χ2v) is 7.12. The molecule has 29 heavy (non-hydrogen) atoms. The van der Waals surface area contributed by atoms with Crippen LogP contribution in [0.1, 0.15) is 28.8 Å². The summed E-state index contributed by atoms with van der Waals surface area (Å²) in [5.41, 5.74) is 8.15. The molecular formula is C24H25N3O2. The zero-order chi connectivity index (χ0) is 19.9. The molecule has 148 valence electrons. The van der Waals surface area contributed by atoms with Gasteiger partial charge in [0.15, 0.2) is 0 Å². The molecule has 0 radical (unpaired) electrons. The van der Waals surface area contributed by atoms with Crippen LogP contribution in [0.4, 0.5) is 0 Å². The second-order valence-electron chi connectivity index (χ2n) is 7.12. The quantitative estimate of drug-likeness (QED) is 0.626. The van der Waals surface area contributed by atoms with E-state index in [0.717, 1.165) is 44.7 Å². The molecule has 2 aromatic carbocycles. The topological polar surface area (TPSA) is 53.9 Å². The highest BCUT2D eigenvalue weighted by Gasteiger charge is 2.25. The van der Waals surface area contributed by atoms with Gasteiger partial charge in [-0.25, -0.2) is 5.43 Å². The first-order chi connectivity index (χ1) is 14.3. The first-order valence-corrected chi connectivity index (χ1v) is 10.0. The third-order valence-corrected chi connectivity index (χ3v) is 5.16. The van der Waals surface area contributed by atoms with Crippen LogP contribution in [-0.4, -0.2) is 43.3 Å². The van der Waals surface area contributed by atoms with Crippen LogP contribution in [-0.2, 0) is 4.74 Å². The van der Waals surface area contributed by atoms with Crippen LogP contribution in [0.3, 0.4) is 0 Å². The van der Waals surface area contributed by atoms with Crippen molar-refractivity contribution in [2.24, 2.45) is 5.10 Å². The predicted octanol–water partition coefficient (Wildman–Crippen LogP) is 3.87. The molecule has 1 amide bonds. The summed E-state index contributed by atoms with van der Waals surface area (Å²) in [6.07, 6.45) is 5.94. The SMILES string of the molecule is O=C(N/N=C\C1=C(N2CCOCC2)C(=Cc2ccccc2)CC1)c1ccccc1. The van der Waals surface area contributed by atoms with E-state index in [1.807, 2.05) is 24.3 Å². The van der Waals surface area contributed by atoms with E-state index in [1.165, 1.54) is 16.8 Å². The number of benzene rings is 2. The van der Waals surface area contributed by atoms with Crippen molar-refractivity contribution in [3.05, 3.63) is 88.6 Å². The van der Waals surface area contributed by atoms with Crippen LogP contribution in [0.5, 0.6) is 0 Å². The van der Waals surface area contributed by atoms with Crippen molar-refractivity contribution in [1.29, 1.82) is 0 Å². The molecule has 4 rings (SSSR count). The fraction of sp³-hybridized carbons (Fsp3) is 0.250. The molecule has 1 N–H and O–H groups in total. The summed E-state index contributed by atoms with van der Waals surface area (Å²) >= 11 is 0. The van der Waals surface area contributed by atoms with E-state index in [9.17, 15) is 4.79 Å². The van der Waals surface area contributed by atoms with Crippen LogP contribution in [0.15, 0.2) is 82.6 Å². The number of allylic oxidation sites excluding steroid dienone is 2. The van der Waals surface area contributed by atoms with Crippen LogP contribution in [0.25, 0.3) is 6.08 Å². The molecule has 1 aliphatic carbocycles. The summed E-state index contributed by atoms with van der Waals surface area (Å²) in [5, 5.41) is 4.25. The number of hydrogen-bond acceptors (Lipinski definition) is 4. The monoisotopic (exact) mass is 387 g/mol. The van der Waals surface area contributed by atoms with Gasteiger partial charge in [0.25, 0.3) is 5.91 Å². The van der Waals surface area contributed by atoms with Crippen LogP contribution in [0.2, 0.25) is 0 Å². The number of rotatable bonds is 5. The molecule has 5 heteroatoms. The van der Waals surface area contributed by atoms with Gasteiger partial charge in [0.05, 0.1) is 19.4 Å². The average Bonchev–Trinajstić information content (AvgIpc) is 3.18. The number of nitrogens with one attached hydrogen (secondary N) is 1. The van der Waals surface area contributed by atoms with Crippen LogP contribution < -0.4 is 5.43 Å². The van der Waals surface area contributed by atoms with Gasteiger partial charge in [-0.3, -0.25) is 4.79 Å². The number of nitrogens with zero attached hydrogens (tertiary/aromatic N) is 2. The number of ether oxygens (including phenoxy) is 1. The van der Waals surface area contributed by atoms with Crippen molar-refractivity contribution in [1.82, 2.24) is 10.3 Å². The number of morpholine rings is 1. The summed E-state index contributed by atoms with van der Waals surface area (Å²) in [5.74, 6) is -0.201. The van der Waals surface area contributed by atoms with Gasteiger partial charge in [0.1, 0.15) is 0 Å². The minimum absolute atomic E-state index is 0.201. The van der Waals surface area contributed by atoms with E-state index in [4.69, 9.17) is 4.74 Å². The lowest BCUT2D eigenvalue weighted by Gasteiger charge is -2.31. The highest BCUT2D eigenvalue weighted by atomic mass is 16.5. The summed E-state index contributed by atoms with van der Waals surface area (Å²) in [6.45, 7) is 3.21. The highest BCUT2D eigenvalue weighted by molar-refractivity contribution is 5.95. The predicted molar refractivity (Wildman–Crippen MR) is 115 cm³/mol. The molecule has 1 aliphatic heterocycles. The fourth-order valence-corrected chi connectivity index (χ4v) is 3.75. The Morgan fingerprint density at radius 2 is 1.66 bits per heavy atom. The third kappa shape index (κ3) is 4.81. The van der Waals surface area contributed by atoms with Crippen molar-refractivity contribution in [3.63, 3.8) is 0 Å². The normalized spacial score (nSPS) is 18.6. The van der Waals surface area contributed by atoms with Gasteiger partial charge in [-0.2, -0.15) is 5.10 Å². The van der Waals surface area contributed by atoms with Gasteiger partial charge in [0.2, 0.25) is 0 Å². The van der Waals surface area contributed by atoms with Crippen molar-refractivity contribution >= 4 is 18.2 Å². The zero-order valence-corrected chi connectivity index (χ0v) is 16.4.